The van der Waals surface area contributed by atoms with Crippen LogP contribution in [0.5, 0.6) is 17.2 Å². The number of Topliss-reactive ketones (excluding diaryl/α,β-unsaturated/α-hetero) is 1. The number of fused-ring (bicyclic) bond motifs is 3. The summed E-state index contributed by atoms with van der Waals surface area (Å²) >= 11 is 0. The molecule has 0 radical (unpaired) electrons. The molecule has 29 nitrogen and oxygen atoms in total. The number of nitrogens with one attached hydrogen (secondary N) is 6. The number of methoxy groups -OCH3 is 1. The average Bonchev–Trinajstić information content (AvgIpc) is 0.917. The Bertz CT molecular complexity index is 3560. The normalized spacial score (nSPS) is 20.3. The minimum Gasteiger partial charge on any atom is -0.507 e. The van der Waals surface area contributed by atoms with Crippen LogP contribution in [0, 0.1) is 5.92 Å². The van der Waals surface area contributed by atoms with E-state index >= 15 is 0 Å². The number of unbranched alkanes of at least 4 members (excludes halogenated alkanes) is 2. The van der Waals surface area contributed by atoms with Crippen LogP contribution >= 0.6 is 0 Å². The van der Waals surface area contributed by atoms with Gasteiger partial charge in [-0.05, 0) is 80.0 Å². The number of imide groups is 1. The molecule has 93 heavy (non-hydrogen) atoms. The summed E-state index contributed by atoms with van der Waals surface area (Å²) in [5.74, 6) is -7.11. The van der Waals surface area contributed by atoms with Gasteiger partial charge in [-0.15, -0.1) is 0 Å². The molecule has 0 spiro atoms. The molecule has 2 aliphatic heterocycles. The number of hydrogen-bond donors (Lipinski definition) is 12. The number of benzene rings is 4. The molecule has 29 heteroatoms. The van der Waals surface area contributed by atoms with Crippen LogP contribution in [0.15, 0.2) is 78.9 Å². The quantitative estimate of drug-likeness (QED) is 0.0204. The van der Waals surface area contributed by atoms with E-state index in [9.17, 15) is 78.3 Å². The Morgan fingerprint density at radius 2 is 1.41 bits per heavy atom. The monoisotopic (exact) mass is 1290 g/mol. The molecule has 1 saturated heterocycles. The highest BCUT2D eigenvalue weighted by Crippen LogP contribution is 2.52. The fourth-order valence-corrected chi connectivity index (χ4v) is 11.3. The van der Waals surface area contributed by atoms with Gasteiger partial charge < -0.3 is 81.5 Å². The van der Waals surface area contributed by atoms with Gasteiger partial charge in [0, 0.05) is 79.0 Å². The summed E-state index contributed by atoms with van der Waals surface area (Å²) in [4.78, 5) is 143. The highest BCUT2D eigenvalue weighted by molar-refractivity contribution is 6.31. The summed E-state index contributed by atoms with van der Waals surface area (Å²) in [6, 6.07) is 12.7. The van der Waals surface area contributed by atoms with Crippen molar-refractivity contribution in [2.75, 3.05) is 37.4 Å². The highest BCUT2D eigenvalue weighted by atomic mass is 16.7. The maximum atomic E-state index is 14.1. The maximum Gasteiger partial charge on any atom is 0.411 e. The van der Waals surface area contributed by atoms with Gasteiger partial charge in [-0.2, -0.15) is 0 Å². The summed E-state index contributed by atoms with van der Waals surface area (Å²) in [5.41, 5.74) is 2.45. The second kappa shape index (κ2) is 30.5. The van der Waals surface area contributed by atoms with Crippen LogP contribution in [0.25, 0.3) is 0 Å². The number of nitrogens with two attached hydrogens (primary N) is 1. The average molecular weight is 1290 g/mol. The zero-order valence-corrected chi connectivity index (χ0v) is 51.3. The lowest BCUT2D eigenvalue weighted by Gasteiger charge is -2.42. The Kier molecular flexibility index (Phi) is 22.7. The Morgan fingerprint density at radius 1 is 0.774 bits per heavy atom. The number of ether oxygens (including phenoxy) is 5. The van der Waals surface area contributed by atoms with Crippen molar-refractivity contribution in [3.63, 3.8) is 0 Å². The minimum absolute atomic E-state index is 0.0207. The number of carbonyl (C=O) groups excluding carboxylic acids is 11. The van der Waals surface area contributed by atoms with E-state index in [1.165, 1.54) is 56.5 Å². The largest absolute Gasteiger partial charge is 0.507 e. The van der Waals surface area contributed by atoms with Crippen molar-refractivity contribution in [2.45, 2.75) is 140 Å². The number of amides is 9. The third-order valence-corrected chi connectivity index (χ3v) is 16.3. The van der Waals surface area contributed by atoms with Gasteiger partial charge >= 0.3 is 18.2 Å². The number of aromatic hydroxyl groups is 2. The number of phenolic OH excluding ortho intramolecular Hbond substituents is 2. The Hall–Kier alpha value is -9.81. The van der Waals surface area contributed by atoms with Crippen molar-refractivity contribution in [3.8, 4) is 17.2 Å². The Labute approximate surface area is 532 Å². The molecule has 4 aliphatic rings. The van der Waals surface area contributed by atoms with Crippen LogP contribution in [0.1, 0.15) is 132 Å². The van der Waals surface area contributed by atoms with E-state index in [-0.39, 0.29) is 97.7 Å². The molecule has 4 aromatic rings. The predicted molar refractivity (Wildman–Crippen MR) is 326 cm³/mol. The number of phenols is 2. The van der Waals surface area contributed by atoms with Crippen molar-refractivity contribution in [2.24, 2.45) is 11.7 Å². The first kappa shape index (κ1) is 69.1. The molecule has 9 amide bonds. The lowest BCUT2D eigenvalue weighted by Crippen LogP contribution is -2.56. The van der Waals surface area contributed by atoms with E-state index in [0.29, 0.717) is 41.8 Å². The van der Waals surface area contributed by atoms with Crippen LogP contribution in [-0.2, 0) is 67.3 Å². The molecular formula is C64H74N8O21. The van der Waals surface area contributed by atoms with Gasteiger partial charge in [-0.25, -0.2) is 14.4 Å². The van der Waals surface area contributed by atoms with E-state index in [4.69, 9.17) is 29.4 Å². The van der Waals surface area contributed by atoms with Gasteiger partial charge in [-0.1, -0.05) is 56.7 Å². The number of primary amides is 1. The molecule has 0 aromatic heterocycles. The summed E-state index contributed by atoms with van der Waals surface area (Å²) in [6.45, 7) is 3.69. The van der Waals surface area contributed by atoms with E-state index in [1.807, 2.05) is 0 Å². The number of aliphatic hydroxyl groups is 3. The second-order valence-electron chi connectivity index (χ2n) is 23.2. The predicted octanol–water partition coefficient (Wildman–Crippen LogP) is 3.22. The number of urea groups is 1. The minimum atomic E-state index is -2.42. The van der Waals surface area contributed by atoms with Crippen molar-refractivity contribution in [1.82, 2.24) is 26.2 Å². The second-order valence-corrected chi connectivity index (χ2v) is 23.2. The van der Waals surface area contributed by atoms with E-state index in [0.717, 1.165) is 4.90 Å². The molecule has 1 unspecified atom stereocenters. The third kappa shape index (κ3) is 16.6. The third-order valence-electron chi connectivity index (χ3n) is 16.3. The van der Waals surface area contributed by atoms with Crippen molar-refractivity contribution in [1.29, 1.82) is 0 Å². The molecule has 8 rings (SSSR count). The van der Waals surface area contributed by atoms with Gasteiger partial charge in [0.05, 0.1) is 42.0 Å². The number of hydrogen-bond acceptors (Lipinski definition) is 21. The van der Waals surface area contributed by atoms with Gasteiger partial charge in [-0.3, -0.25) is 48.6 Å². The molecule has 2 aliphatic carbocycles. The summed E-state index contributed by atoms with van der Waals surface area (Å²) in [6.07, 6.45) is -4.39. The Morgan fingerprint density at radius 3 is 2.03 bits per heavy atom. The first-order valence-corrected chi connectivity index (χ1v) is 30.1. The molecule has 496 valence electrons. The van der Waals surface area contributed by atoms with Crippen molar-refractivity contribution >= 4 is 76.5 Å². The number of alkyl carbamates (subject to hydrolysis) is 1. The maximum absolute atomic E-state index is 14.1. The number of carbonyl (C=O) groups is 11. The molecule has 1 fully saturated rings. The summed E-state index contributed by atoms with van der Waals surface area (Å²) in [7, 11) is 1.28. The lowest BCUT2D eigenvalue weighted by atomic mass is 9.72. The molecule has 4 aromatic carbocycles. The molecule has 0 bridgehead atoms. The molecule has 0 saturated carbocycles. The smallest absolute Gasteiger partial charge is 0.411 e. The summed E-state index contributed by atoms with van der Waals surface area (Å²) in [5, 5.41) is 72.1. The number of rotatable bonds is 27. The van der Waals surface area contributed by atoms with E-state index < -0.39 is 144 Å². The fourth-order valence-electron chi connectivity index (χ4n) is 11.3. The number of ketones is 3. The topological polar surface area (TPSA) is 437 Å². The van der Waals surface area contributed by atoms with E-state index in [1.54, 1.807) is 50.2 Å². The SMILES string of the molecule is COc1cccc2c1C(=O)c1c(O)c3c(c(O)c1C2=O)C[C@@](O)(C(=O)CO)C[C@@H]3OC1C[C@@H](NC(=O)OCc2ccc(NC(=O)OCc3ccc(NC(=O)[C@H](CCCNC(N)=O)NC(=O)[C@@H](NC(=O)CCCCCN4C(=O)C=CC4=O)C(C)C)cc3)cc2)[C@H](O)[C@@H](C)O1. The lowest BCUT2D eigenvalue weighted by molar-refractivity contribution is -0.249. The van der Waals surface area contributed by atoms with Gasteiger partial charge in [0.1, 0.15) is 60.9 Å². The van der Waals surface area contributed by atoms with Crippen molar-refractivity contribution in [3.05, 3.63) is 123 Å². The van der Waals surface area contributed by atoms with Crippen LogP contribution in [-0.4, -0.2) is 165 Å². The van der Waals surface area contributed by atoms with Gasteiger partial charge in [0.25, 0.3) is 11.8 Å². The first-order valence-electron chi connectivity index (χ1n) is 30.1. The fraction of sp³-hybridized carbons (Fsp3) is 0.422. The van der Waals surface area contributed by atoms with Crippen molar-refractivity contribution < 1.29 is 102 Å². The standard InChI is InChI=1S/C64H74N8O21/c1-32(2)53(71-45(75)13-6-5-7-25-72-46(76)22-23-47(72)77)60(84)69-40(11-9-24-66-61(65)85)59(83)67-36-18-14-34(15-19-36)30-90-62(86)68-37-20-16-35(17-21-37)31-91-63(87)70-41-26-48(92-33(3)54(41)78)93-43-28-64(88,44(74)29-73)27-39-50(43)58(82)52-51(56(39)80)55(79)38-10-8-12-42(89-4)49(38)57(52)81/h8,10,12,14-23,32-33,40-41,43,48,53-54,73,78,80,82,88H,5-7,9,11,13,24-31H2,1-4H3,(H,67,83)(H,68,86)(H,69,84)(H,70,87)(H,71,75)(H3,65,66,85)/t33-,40+,41-,43+,48?,53+,54-,64+/m1/s1. The zero-order chi connectivity index (χ0) is 67.4. The van der Waals surface area contributed by atoms with Gasteiger partial charge in [0.15, 0.2) is 17.9 Å². The Balaban J connectivity index is 0.803. The van der Waals surface area contributed by atoms with E-state index in [2.05, 4.69) is 31.9 Å². The highest BCUT2D eigenvalue weighted by Gasteiger charge is 2.51. The van der Waals surface area contributed by atoms with Crippen LogP contribution in [0.2, 0.25) is 0 Å². The molecule has 8 atom stereocenters. The summed E-state index contributed by atoms with van der Waals surface area (Å²) < 4.78 is 28.4. The zero-order valence-electron chi connectivity index (χ0n) is 51.3. The first-order chi connectivity index (χ1) is 44.3. The molecular weight excluding hydrogens is 1220 g/mol. The molecule has 2 heterocycles. The van der Waals surface area contributed by atoms with Crippen LogP contribution in [0.3, 0.4) is 0 Å². The van der Waals surface area contributed by atoms with Crippen LogP contribution < -0.4 is 42.4 Å². The number of aliphatic hydroxyl groups excluding tert-OH is 2. The van der Waals surface area contributed by atoms with Gasteiger partial charge in [0.2, 0.25) is 23.5 Å². The molecule has 13 N–H and O–H groups in total. The van der Waals surface area contributed by atoms with Crippen LogP contribution in [0.4, 0.5) is 25.8 Å². The number of nitrogens with zero attached hydrogens (tertiary/aromatic N) is 1. The number of anilines is 2.